The number of rotatable bonds is 5. The minimum Gasteiger partial charge on any atom is -0.397 e. The molecule has 19 heavy (non-hydrogen) atoms. The number of nitrogen functional groups attached to an aromatic ring is 1. The van der Waals surface area contributed by atoms with Crippen LogP contribution in [0.3, 0.4) is 0 Å². The standard InChI is InChI=1S/C14H18N2O2S/c1-9-4-5-11-10(8-9)12(15)13(19-11)14(18)16-6-2-3-7-17/h4-5,8,17H,2-3,6-7,15H2,1H3,(H,16,18). The van der Waals surface area contributed by atoms with Crippen LogP contribution in [-0.4, -0.2) is 24.2 Å². The third-order valence-electron chi connectivity index (χ3n) is 2.96. The van der Waals surface area contributed by atoms with Crippen molar-refractivity contribution in [3.63, 3.8) is 0 Å². The lowest BCUT2D eigenvalue weighted by molar-refractivity contribution is 0.0957. The first-order chi connectivity index (χ1) is 9.13. The van der Waals surface area contributed by atoms with E-state index < -0.39 is 0 Å². The lowest BCUT2D eigenvalue weighted by atomic mass is 10.1. The second kappa shape index (κ2) is 6.04. The van der Waals surface area contributed by atoms with Gasteiger partial charge in [-0.25, -0.2) is 0 Å². The van der Waals surface area contributed by atoms with Crippen LogP contribution < -0.4 is 11.1 Å². The van der Waals surface area contributed by atoms with Gasteiger partial charge in [0.15, 0.2) is 0 Å². The summed E-state index contributed by atoms with van der Waals surface area (Å²) < 4.78 is 1.03. The molecule has 0 radical (unpaired) electrons. The van der Waals surface area contributed by atoms with Crippen molar-refractivity contribution in [3.05, 3.63) is 28.6 Å². The zero-order chi connectivity index (χ0) is 13.8. The number of hydrogen-bond acceptors (Lipinski definition) is 4. The van der Waals surface area contributed by atoms with E-state index in [2.05, 4.69) is 5.32 Å². The second-order valence-electron chi connectivity index (χ2n) is 4.53. The third kappa shape index (κ3) is 3.05. The number of aryl methyl sites for hydroxylation is 1. The molecule has 102 valence electrons. The number of fused-ring (bicyclic) bond motifs is 1. The average molecular weight is 278 g/mol. The van der Waals surface area contributed by atoms with Gasteiger partial charge in [-0.15, -0.1) is 11.3 Å². The Bertz CT molecular complexity index is 592. The Hall–Kier alpha value is -1.59. The number of aliphatic hydroxyl groups excluding tert-OH is 1. The molecule has 0 aliphatic carbocycles. The molecule has 0 spiro atoms. The quantitative estimate of drug-likeness (QED) is 0.735. The summed E-state index contributed by atoms with van der Waals surface area (Å²) in [5.41, 5.74) is 7.74. The molecule has 0 aliphatic rings. The Kier molecular flexibility index (Phi) is 4.39. The van der Waals surface area contributed by atoms with Crippen molar-refractivity contribution >= 4 is 33.0 Å². The zero-order valence-electron chi connectivity index (χ0n) is 10.9. The fraction of sp³-hybridized carbons (Fsp3) is 0.357. The number of nitrogens with two attached hydrogens (primary N) is 1. The van der Waals surface area contributed by atoms with Gasteiger partial charge < -0.3 is 16.2 Å². The van der Waals surface area contributed by atoms with E-state index in [-0.39, 0.29) is 12.5 Å². The summed E-state index contributed by atoms with van der Waals surface area (Å²) in [4.78, 5) is 12.6. The van der Waals surface area contributed by atoms with Crippen molar-refractivity contribution in [3.8, 4) is 0 Å². The van der Waals surface area contributed by atoms with Gasteiger partial charge in [-0.05, 0) is 31.9 Å². The molecule has 0 saturated heterocycles. The summed E-state index contributed by atoms with van der Waals surface area (Å²) in [7, 11) is 0. The Balaban J connectivity index is 2.16. The average Bonchev–Trinajstić information content (AvgIpc) is 2.72. The number of carbonyl (C=O) groups is 1. The first-order valence-electron chi connectivity index (χ1n) is 6.31. The predicted octanol–water partition coefficient (Wildman–Crippen LogP) is 2.29. The molecule has 1 aromatic heterocycles. The lowest BCUT2D eigenvalue weighted by Gasteiger charge is -2.03. The van der Waals surface area contributed by atoms with Crippen molar-refractivity contribution in [2.24, 2.45) is 0 Å². The number of nitrogens with one attached hydrogen (secondary N) is 1. The number of aliphatic hydroxyl groups is 1. The molecule has 2 aromatic rings. The van der Waals surface area contributed by atoms with Crippen molar-refractivity contribution < 1.29 is 9.90 Å². The number of anilines is 1. The van der Waals surface area contributed by atoms with Gasteiger partial charge in [-0.3, -0.25) is 4.79 Å². The third-order valence-corrected chi connectivity index (χ3v) is 4.14. The molecule has 4 N–H and O–H groups in total. The SMILES string of the molecule is Cc1ccc2sc(C(=O)NCCCCO)c(N)c2c1. The van der Waals surface area contributed by atoms with Crippen LogP contribution in [0.2, 0.25) is 0 Å². The van der Waals surface area contributed by atoms with Crippen LogP contribution in [0.15, 0.2) is 18.2 Å². The monoisotopic (exact) mass is 278 g/mol. The molecule has 0 aliphatic heterocycles. The van der Waals surface area contributed by atoms with Gasteiger partial charge in [0, 0.05) is 23.2 Å². The maximum absolute atomic E-state index is 12.0. The minimum atomic E-state index is -0.130. The van der Waals surface area contributed by atoms with Gasteiger partial charge >= 0.3 is 0 Å². The second-order valence-corrected chi connectivity index (χ2v) is 5.58. The van der Waals surface area contributed by atoms with Crippen molar-refractivity contribution in [2.75, 3.05) is 18.9 Å². The normalized spacial score (nSPS) is 10.8. The zero-order valence-corrected chi connectivity index (χ0v) is 11.7. The minimum absolute atomic E-state index is 0.130. The van der Waals surface area contributed by atoms with E-state index in [1.807, 2.05) is 25.1 Å². The fourth-order valence-electron chi connectivity index (χ4n) is 1.92. The summed E-state index contributed by atoms with van der Waals surface area (Å²) >= 11 is 1.42. The van der Waals surface area contributed by atoms with Gasteiger partial charge in [0.25, 0.3) is 5.91 Å². The highest BCUT2D eigenvalue weighted by molar-refractivity contribution is 7.21. The maximum atomic E-state index is 12.0. The van der Waals surface area contributed by atoms with Gasteiger partial charge in [-0.2, -0.15) is 0 Å². The highest BCUT2D eigenvalue weighted by atomic mass is 32.1. The molecule has 4 nitrogen and oxygen atoms in total. The van der Waals surface area contributed by atoms with Crippen molar-refractivity contribution in [2.45, 2.75) is 19.8 Å². The van der Waals surface area contributed by atoms with E-state index in [0.717, 1.165) is 22.1 Å². The molecular formula is C14H18N2O2S. The van der Waals surface area contributed by atoms with E-state index in [1.165, 1.54) is 11.3 Å². The van der Waals surface area contributed by atoms with Crippen LogP contribution in [0, 0.1) is 6.92 Å². The van der Waals surface area contributed by atoms with E-state index in [0.29, 0.717) is 23.5 Å². The number of unbranched alkanes of at least 4 members (excludes halogenated alkanes) is 1. The first kappa shape index (κ1) is 13.8. The smallest absolute Gasteiger partial charge is 0.263 e. The van der Waals surface area contributed by atoms with Gasteiger partial charge in [-0.1, -0.05) is 11.6 Å². The van der Waals surface area contributed by atoms with Crippen LogP contribution in [-0.2, 0) is 0 Å². The van der Waals surface area contributed by atoms with E-state index in [9.17, 15) is 4.79 Å². The van der Waals surface area contributed by atoms with Crippen molar-refractivity contribution in [1.82, 2.24) is 5.32 Å². The number of hydrogen-bond donors (Lipinski definition) is 3. The Morgan fingerprint density at radius 1 is 1.42 bits per heavy atom. The lowest BCUT2D eigenvalue weighted by Crippen LogP contribution is -2.24. The van der Waals surface area contributed by atoms with Crippen LogP contribution in [0.5, 0.6) is 0 Å². The topological polar surface area (TPSA) is 75.3 Å². The first-order valence-corrected chi connectivity index (χ1v) is 7.13. The van der Waals surface area contributed by atoms with Gasteiger partial charge in [0.05, 0.1) is 5.69 Å². The molecule has 1 heterocycles. The number of carbonyl (C=O) groups excluding carboxylic acids is 1. The molecule has 5 heteroatoms. The predicted molar refractivity (Wildman–Crippen MR) is 79.6 cm³/mol. The molecule has 0 fully saturated rings. The largest absolute Gasteiger partial charge is 0.397 e. The highest BCUT2D eigenvalue weighted by Crippen LogP contribution is 2.34. The summed E-state index contributed by atoms with van der Waals surface area (Å²) in [6.07, 6.45) is 1.47. The van der Waals surface area contributed by atoms with Crippen LogP contribution in [0.25, 0.3) is 10.1 Å². The molecule has 1 amide bonds. The molecule has 0 unspecified atom stereocenters. The summed E-state index contributed by atoms with van der Waals surface area (Å²) in [6.45, 7) is 2.72. The van der Waals surface area contributed by atoms with E-state index in [1.54, 1.807) is 0 Å². The van der Waals surface area contributed by atoms with Crippen LogP contribution >= 0.6 is 11.3 Å². The molecule has 0 saturated carbocycles. The van der Waals surface area contributed by atoms with Gasteiger partial charge in [0.2, 0.25) is 0 Å². The van der Waals surface area contributed by atoms with Crippen molar-refractivity contribution in [1.29, 1.82) is 0 Å². The van der Waals surface area contributed by atoms with Gasteiger partial charge in [0.1, 0.15) is 4.88 Å². The molecule has 0 bridgehead atoms. The fourth-order valence-corrected chi connectivity index (χ4v) is 2.94. The summed E-state index contributed by atoms with van der Waals surface area (Å²) in [6, 6.07) is 6.01. The summed E-state index contributed by atoms with van der Waals surface area (Å²) in [5.74, 6) is -0.130. The highest BCUT2D eigenvalue weighted by Gasteiger charge is 2.15. The molecule has 2 rings (SSSR count). The number of benzene rings is 1. The van der Waals surface area contributed by atoms with E-state index in [4.69, 9.17) is 10.8 Å². The number of amides is 1. The maximum Gasteiger partial charge on any atom is 0.263 e. The molecule has 0 atom stereocenters. The Labute approximate surface area is 116 Å². The molecular weight excluding hydrogens is 260 g/mol. The number of thiophene rings is 1. The Morgan fingerprint density at radius 3 is 2.95 bits per heavy atom. The van der Waals surface area contributed by atoms with Crippen LogP contribution in [0.1, 0.15) is 28.1 Å². The van der Waals surface area contributed by atoms with E-state index >= 15 is 0 Å². The molecule has 1 aromatic carbocycles. The Morgan fingerprint density at radius 2 is 2.21 bits per heavy atom. The van der Waals surface area contributed by atoms with Crippen LogP contribution in [0.4, 0.5) is 5.69 Å². The summed E-state index contributed by atoms with van der Waals surface area (Å²) in [5, 5.41) is 12.5.